The third-order valence-corrected chi connectivity index (χ3v) is 2.45. The first kappa shape index (κ1) is 9.00. The molecule has 0 N–H and O–H groups in total. The van der Waals surface area contributed by atoms with Gasteiger partial charge in [-0.05, 0) is 30.7 Å². The van der Waals surface area contributed by atoms with Gasteiger partial charge in [-0.2, -0.15) is 0 Å². The molecule has 2 rings (SSSR count). The van der Waals surface area contributed by atoms with Gasteiger partial charge in [0.25, 0.3) is 0 Å². The Morgan fingerprint density at radius 3 is 2.50 bits per heavy atom. The van der Waals surface area contributed by atoms with Crippen molar-refractivity contribution in [1.29, 1.82) is 0 Å². The summed E-state index contributed by atoms with van der Waals surface area (Å²) in [6.07, 6.45) is 6.36. The number of hydrogen-bond donors (Lipinski definition) is 0. The first-order chi connectivity index (χ1) is 6.90. The van der Waals surface area contributed by atoms with Gasteiger partial charge >= 0.3 is 0 Å². The average Bonchev–Trinajstić information content (AvgIpc) is 2.30. The van der Waals surface area contributed by atoms with E-state index in [9.17, 15) is 4.79 Å². The molecule has 72 valence electrons. The van der Waals surface area contributed by atoms with Gasteiger partial charge in [-0.1, -0.05) is 12.2 Å². The number of carbonyl (C=O) groups is 1. The topological polar surface area (TPSA) is 20.3 Å². The lowest BCUT2D eigenvalue weighted by Crippen LogP contribution is -2.26. The molecule has 1 aliphatic heterocycles. The molecule has 0 saturated heterocycles. The highest BCUT2D eigenvalue weighted by Gasteiger charge is 2.06. The summed E-state index contributed by atoms with van der Waals surface area (Å²) in [6.45, 7) is 2.04. The largest absolute Gasteiger partial charge is 0.368 e. The Labute approximate surface area is 83.8 Å². The van der Waals surface area contributed by atoms with E-state index in [-0.39, 0.29) is 0 Å². The zero-order valence-electron chi connectivity index (χ0n) is 8.02. The summed E-state index contributed by atoms with van der Waals surface area (Å²) in [5.74, 6) is 0. The van der Waals surface area contributed by atoms with Crippen molar-refractivity contribution < 1.29 is 4.79 Å². The van der Waals surface area contributed by atoms with Gasteiger partial charge in [0, 0.05) is 24.3 Å². The second kappa shape index (κ2) is 4.09. The van der Waals surface area contributed by atoms with Gasteiger partial charge in [0.15, 0.2) is 0 Å². The van der Waals surface area contributed by atoms with Crippen molar-refractivity contribution in [2.24, 2.45) is 0 Å². The predicted molar refractivity (Wildman–Crippen MR) is 57.8 cm³/mol. The molecule has 0 aliphatic carbocycles. The van der Waals surface area contributed by atoms with Crippen LogP contribution in [-0.2, 0) is 0 Å². The van der Waals surface area contributed by atoms with Crippen LogP contribution in [0, 0.1) is 0 Å². The summed E-state index contributed by atoms with van der Waals surface area (Å²) >= 11 is 0. The Bertz CT molecular complexity index is 340. The normalized spacial score (nSPS) is 15.6. The summed E-state index contributed by atoms with van der Waals surface area (Å²) in [5.41, 5.74) is 1.93. The zero-order chi connectivity index (χ0) is 9.80. The van der Waals surface area contributed by atoms with Gasteiger partial charge in [0.1, 0.15) is 6.29 Å². The van der Waals surface area contributed by atoms with E-state index < -0.39 is 0 Å². The first-order valence-corrected chi connectivity index (χ1v) is 4.85. The molecule has 0 spiro atoms. The second-order valence-corrected chi connectivity index (χ2v) is 3.42. The average molecular weight is 187 g/mol. The number of benzene rings is 1. The molecule has 0 aromatic heterocycles. The molecule has 1 heterocycles. The number of rotatable bonds is 2. The molecule has 0 fully saturated rings. The fraction of sp³-hybridized carbons (Fsp3) is 0.250. The lowest BCUT2D eigenvalue weighted by molar-refractivity contribution is 0.112. The molecule has 0 unspecified atom stereocenters. The molecule has 1 aliphatic rings. The van der Waals surface area contributed by atoms with E-state index in [1.165, 1.54) is 5.69 Å². The minimum Gasteiger partial charge on any atom is -0.368 e. The highest BCUT2D eigenvalue weighted by Crippen LogP contribution is 2.16. The maximum absolute atomic E-state index is 10.5. The minimum atomic E-state index is 0.737. The van der Waals surface area contributed by atoms with Crippen LogP contribution >= 0.6 is 0 Å². The molecule has 1 aromatic carbocycles. The van der Waals surface area contributed by atoms with Crippen LogP contribution in [0.2, 0.25) is 0 Å². The smallest absolute Gasteiger partial charge is 0.150 e. The fourth-order valence-electron chi connectivity index (χ4n) is 1.64. The SMILES string of the molecule is O=Cc1ccc(N2CC=CCC2)cc1. The van der Waals surface area contributed by atoms with Crippen molar-refractivity contribution in [2.75, 3.05) is 18.0 Å². The predicted octanol–water partition coefficient (Wildman–Crippen LogP) is 2.27. The Balaban J connectivity index is 2.15. The summed E-state index contributed by atoms with van der Waals surface area (Å²) in [7, 11) is 0. The monoisotopic (exact) mass is 187 g/mol. The van der Waals surface area contributed by atoms with Gasteiger partial charge in [-0.25, -0.2) is 0 Å². The molecule has 14 heavy (non-hydrogen) atoms. The van der Waals surface area contributed by atoms with Crippen LogP contribution in [-0.4, -0.2) is 19.4 Å². The van der Waals surface area contributed by atoms with E-state index in [1.54, 1.807) is 0 Å². The number of aldehydes is 1. The van der Waals surface area contributed by atoms with E-state index in [0.717, 1.165) is 31.4 Å². The van der Waals surface area contributed by atoms with Gasteiger partial charge in [-0.15, -0.1) is 0 Å². The highest BCUT2D eigenvalue weighted by molar-refractivity contribution is 5.75. The molecular formula is C12H13NO. The van der Waals surface area contributed by atoms with Crippen molar-refractivity contribution in [1.82, 2.24) is 0 Å². The molecule has 1 aromatic rings. The van der Waals surface area contributed by atoms with Crippen LogP contribution in [0.3, 0.4) is 0 Å². The van der Waals surface area contributed by atoms with Crippen LogP contribution in [0.15, 0.2) is 36.4 Å². The number of carbonyl (C=O) groups excluding carboxylic acids is 1. The van der Waals surface area contributed by atoms with Crippen molar-refractivity contribution >= 4 is 12.0 Å². The van der Waals surface area contributed by atoms with E-state index in [1.807, 2.05) is 24.3 Å². The fourth-order valence-corrected chi connectivity index (χ4v) is 1.64. The van der Waals surface area contributed by atoms with Crippen molar-refractivity contribution in [2.45, 2.75) is 6.42 Å². The number of anilines is 1. The van der Waals surface area contributed by atoms with Crippen molar-refractivity contribution in [3.63, 3.8) is 0 Å². The molecule has 0 radical (unpaired) electrons. The lowest BCUT2D eigenvalue weighted by atomic mass is 10.2. The van der Waals surface area contributed by atoms with E-state index in [0.29, 0.717) is 0 Å². The maximum atomic E-state index is 10.5. The van der Waals surface area contributed by atoms with Crippen LogP contribution in [0.4, 0.5) is 5.69 Å². The lowest BCUT2D eigenvalue weighted by Gasteiger charge is -2.25. The van der Waals surface area contributed by atoms with E-state index in [4.69, 9.17) is 0 Å². The molecule has 0 bridgehead atoms. The van der Waals surface area contributed by atoms with Crippen LogP contribution in [0.1, 0.15) is 16.8 Å². The van der Waals surface area contributed by atoms with Crippen molar-refractivity contribution in [3.8, 4) is 0 Å². The number of hydrogen-bond acceptors (Lipinski definition) is 2. The van der Waals surface area contributed by atoms with Crippen LogP contribution in [0.25, 0.3) is 0 Å². The molecule has 0 saturated carbocycles. The summed E-state index contributed by atoms with van der Waals surface area (Å²) in [5, 5.41) is 0. The number of nitrogens with zero attached hydrogens (tertiary/aromatic N) is 1. The van der Waals surface area contributed by atoms with Gasteiger partial charge in [0.05, 0.1) is 0 Å². The third-order valence-electron chi connectivity index (χ3n) is 2.45. The van der Waals surface area contributed by atoms with Crippen molar-refractivity contribution in [3.05, 3.63) is 42.0 Å². The van der Waals surface area contributed by atoms with Gasteiger partial charge in [-0.3, -0.25) is 4.79 Å². The quantitative estimate of drug-likeness (QED) is 0.523. The van der Waals surface area contributed by atoms with Gasteiger partial charge in [0.2, 0.25) is 0 Å². The Morgan fingerprint density at radius 1 is 1.14 bits per heavy atom. The maximum Gasteiger partial charge on any atom is 0.150 e. The molecule has 0 atom stereocenters. The molecule has 2 heteroatoms. The molecule has 0 amide bonds. The third kappa shape index (κ3) is 1.84. The summed E-state index contributed by atoms with van der Waals surface area (Å²) in [6, 6.07) is 7.73. The van der Waals surface area contributed by atoms with Crippen LogP contribution < -0.4 is 4.90 Å². The highest BCUT2D eigenvalue weighted by atomic mass is 16.1. The Hall–Kier alpha value is -1.57. The minimum absolute atomic E-state index is 0.737. The standard InChI is InChI=1S/C12H13NO/c14-10-11-4-6-12(7-5-11)13-8-2-1-3-9-13/h1-2,4-7,10H,3,8-9H2. The molecular weight excluding hydrogens is 174 g/mol. The first-order valence-electron chi connectivity index (χ1n) is 4.85. The summed E-state index contributed by atoms with van der Waals surface area (Å²) in [4.78, 5) is 12.8. The Kier molecular flexibility index (Phi) is 2.63. The molecule has 2 nitrogen and oxygen atoms in total. The van der Waals surface area contributed by atoms with Gasteiger partial charge < -0.3 is 4.90 Å². The van der Waals surface area contributed by atoms with E-state index in [2.05, 4.69) is 17.1 Å². The zero-order valence-corrected chi connectivity index (χ0v) is 8.02. The van der Waals surface area contributed by atoms with Crippen LogP contribution in [0.5, 0.6) is 0 Å². The second-order valence-electron chi connectivity index (χ2n) is 3.42. The van der Waals surface area contributed by atoms with E-state index >= 15 is 0 Å². The summed E-state index contributed by atoms with van der Waals surface area (Å²) < 4.78 is 0. The Morgan fingerprint density at radius 2 is 1.93 bits per heavy atom.